The molecule has 10 nitrogen and oxygen atoms in total. The summed E-state index contributed by atoms with van der Waals surface area (Å²) in [6.45, 7) is 9.43. The van der Waals surface area contributed by atoms with E-state index in [0.717, 1.165) is 22.5 Å². The second kappa shape index (κ2) is 19.3. The van der Waals surface area contributed by atoms with Crippen LogP contribution in [0.4, 0.5) is 11.6 Å². The molecule has 0 unspecified atom stereocenters. The Hall–Kier alpha value is -1.90. The fourth-order valence-corrected chi connectivity index (χ4v) is 5.50. The lowest BCUT2D eigenvalue weighted by molar-refractivity contribution is -0.689. The van der Waals surface area contributed by atoms with Gasteiger partial charge in [-0.15, -0.1) is 0 Å². The van der Waals surface area contributed by atoms with E-state index in [1.54, 1.807) is 35.1 Å². The fourth-order valence-electron chi connectivity index (χ4n) is 3.53. The number of aryl methyl sites for hydroxylation is 2. The predicted molar refractivity (Wildman–Crippen MR) is 141 cm³/mol. The van der Waals surface area contributed by atoms with Crippen molar-refractivity contribution in [1.29, 1.82) is 0 Å². The molecule has 4 aromatic heterocycles. The van der Waals surface area contributed by atoms with E-state index in [1.807, 2.05) is 38.7 Å². The van der Waals surface area contributed by atoms with Gasteiger partial charge >= 0.3 is 0 Å². The highest BCUT2D eigenvalue weighted by Crippen LogP contribution is 2.15. The normalized spacial score (nSPS) is 9.75. The van der Waals surface area contributed by atoms with Crippen molar-refractivity contribution < 1.29 is 69.0 Å². The number of nitrogens with zero attached hydrogens (tertiary/aromatic N) is 6. The number of halogens is 4. The van der Waals surface area contributed by atoms with Crippen LogP contribution in [0.1, 0.15) is 43.9 Å². The van der Waals surface area contributed by atoms with Crippen LogP contribution in [0.3, 0.4) is 0 Å². The van der Waals surface area contributed by atoms with E-state index in [4.69, 9.17) is 21.7 Å². The molecular weight excluding hydrogens is 638 g/mol. The van der Waals surface area contributed by atoms with E-state index >= 15 is 0 Å². The van der Waals surface area contributed by atoms with E-state index in [0.29, 0.717) is 49.2 Å². The molecule has 40 heavy (non-hydrogen) atoms. The van der Waals surface area contributed by atoms with Crippen molar-refractivity contribution in [2.24, 2.45) is 0 Å². The number of nitrogens with two attached hydrogens (primary N) is 2. The molecule has 4 aromatic rings. The third-order valence-corrected chi connectivity index (χ3v) is 8.00. The molecule has 0 aliphatic rings. The van der Waals surface area contributed by atoms with Crippen LogP contribution in [0.25, 0.3) is 0 Å². The zero-order chi connectivity index (χ0) is 26.2. The summed E-state index contributed by atoms with van der Waals surface area (Å²) in [5.74, 6) is 2.43. The first kappa shape index (κ1) is 40.2. The van der Waals surface area contributed by atoms with Crippen molar-refractivity contribution in [2.45, 2.75) is 53.6 Å². The third kappa shape index (κ3) is 10.8. The number of thiazole rings is 2. The molecule has 0 aliphatic carbocycles. The molecule has 0 aliphatic heterocycles. The van der Waals surface area contributed by atoms with Crippen LogP contribution in [0.2, 0.25) is 0 Å². The molecule has 0 spiro atoms. The van der Waals surface area contributed by atoms with Crippen molar-refractivity contribution in [2.75, 3.05) is 24.7 Å². The van der Waals surface area contributed by atoms with E-state index in [1.165, 1.54) is 9.75 Å². The van der Waals surface area contributed by atoms with Gasteiger partial charge < -0.3 is 71.3 Å². The van der Waals surface area contributed by atoms with Gasteiger partial charge in [-0.3, -0.25) is 0 Å². The number of aliphatic hydroxyl groups excluding tert-OH is 2. The van der Waals surface area contributed by atoms with Crippen LogP contribution in [-0.2, 0) is 25.9 Å². The molecule has 0 bridgehead atoms. The first-order valence-electron chi connectivity index (χ1n) is 11.5. The second-order valence-corrected chi connectivity index (χ2v) is 10.2. The largest absolute Gasteiger partial charge is 1.00 e. The highest BCUT2D eigenvalue weighted by Gasteiger charge is 2.18. The minimum absolute atomic E-state index is 0. The summed E-state index contributed by atoms with van der Waals surface area (Å²) in [4.78, 5) is 19.1. The summed E-state index contributed by atoms with van der Waals surface area (Å²) in [7, 11) is 0. The molecule has 0 saturated carbocycles. The summed E-state index contributed by atoms with van der Waals surface area (Å²) in [5, 5.41) is 18.0. The van der Waals surface area contributed by atoms with Gasteiger partial charge in [0.2, 0.25) is 11.0 Å². The maximum Gasteiger partial charge on any atom is 0.225 e. The summed E-state index contributed by atoms with van der Waals surface area (Å²) in [6, 6.07) is 0. The Balaban J connectivity index is 0. The summed E-state index contributed by atoms with van der Waals surface area (Å²) < 4.78 is 4.22. The van der Waals surface area contributed by atoms with E-state index < -0.39 is 0 Å². The molecule has 224 valence electrons. The van der Waals surface area contributed by atoms with Gasteiger partial charge in [-0.2, -0.15) is 9.13 Å². The lowest BCUT2D eigenvalue weighted by atomic mass is 10.2. The van der Waals surface area contributed by atoms with Crippen LogP contribution in [0.5, 0.6) is 0 Å². The molecule has 4 rings (SSSR count). The Bertz CT molecular complexity index is 1220. The van der Waals surface area contributed by atoms with Crippen molar-refractivity contribution in [3.05, 3.63) is 67.3 Å². The lowest BCUT2D eigenvalue weighted by Crippen LogP contribution is -3.00. The zero-order valence-corrected chi connectivity index (χ0v) is 27.3. The van der Waals surface area contributed by atoms with Crippen LogP contribution in [-0.4, -0.2) is 43.4 Å². The van der Waals surface area contributed by atoms with Crippen molar-refractivity contribution in [3.8, 4) is 0 Å². The number of hydrogen-bond donors (Lipinski definition) is 4. The Labute approximate surface area is 267 Å². The molecule has 0 atom stereocenters. The molecule has 6 N–H and O–H groups in total. The van der Waals surface area contributed by atoms with Gasteiger partial charge in [-0.1, -0.05) is 22.7 Å². The van der Waals surface area contributed by atoms with Crippen molar-refractivity contribution in [1.82, 2.24) is 19.9 Å². The average Bonchev–Trinajstić information content (AvgIpc) is 3.35. The summed E-state index contributed by atoms with van der Waals surface area (Å²) >= 11 is 3.30. The van der Waals surface area contributed by atoms with E-state index in [2.05, 4.69) is 29.1 Å². The number of nitrogen functional groups attached to an aromatic ring is 2. The fraction of sp³-hybridized carbons (Fsp3) is 0.417. The first-order chi connectivity index (χ1) is 17.2. The number of rotatable bonds is 8. The number of aromatic nitrogens is 6. The topological polar surface area (TPSA) is 152 Å². The number of hydrogen-bond acceptors (Lipinski definition) is 10. The minimum atomic E-state index is 0. The maximum atomic E-state index is 8.98. The SMILES string of the molecule is Cc1ncc(C[n+]2csc(CCO)c2C)c(N)n1.Cc1ncc(C[n+]2csc(CCO)c2C)c(N)n1.[Cl-].[Cl-].[Cl-].[Cl-]. The van der Waals surface area contributed by atoms with Gasteiger partial charge in [-0.05, 0) is 13.8 Å². The highest BCUT2D eigenvalue weighted by atomic mass is 35.5. The summed E-state index contributed by atoms with van der Waals surface area (Å²) in [6.07, 6.45) is 4.94. The van der Waals surface area contributed by atoms with Gasteiger partial charge in [0.1, 0.15) is 23.3 Å². The second-order valence-electron chi connectivity index (χ2n) is 8.32. The van der Waals surface area contributed by atoms with E-state index in [9.17, 15) is 0 Å². The van der Waals surface area contributed by atoms with Gasteiger partial charge in [0.05, 0.1) is 20.9 Å². The maximum absolute atomic E-state index is 8.98. The van der Waals surface area contributed by atoms with Gasteiger partial charge in [0.15, 0.2) is 24.5 Å². The van der Waals surface area contributed by atoms with Crippen LogP contribution >= 0.6 is 22.7 Å². The quantitative estimate of drug-likeness (QED) is 0.135. The van der Waals surface area contributed by atoms with Crippen LogP contribution in [0, 0.1) is 27.7 Å². The lowest BCUT2D eigenvalue weighted by Gasteiger charge is -2.01. The number of aliphatic hydroxyl groups is 2. The van der Waals surface area contributed by atoms with Crippen molar-refractivity contribution in [3.63, 3.8) is 0 Å². The Morgan fingerprint density at radius 2 is 1.02 bits per heavy atom. The van der Waals surface area contributed by atoms with Gasteiger partial charge in [0, 0.05) is 52.3 Å². The standard InChI is InChI=1S/2C12H17N4OS.4ClH/c2*1-8-11(3-4-17)18-7-16(8)6-10-5-14-9(2)15-12(10)13;;;;/h2*5,7,17H,3-4,6H2,1-2H3,(H2,13,14,15);4*1H/q2*+1;;;;/p-4. The monoisotopic (exact) mass is 670 g/mol. The molecule has 16 heteroatoms. The van der Waals surface area contributed by atoms with Gasteiger partial charge in [0.25, 0.3) is 0 Å². The highest BCUT2D eigenvalue weighted by molar-refractivity contribution is 7.09. The molecule has 0 aromatic carbocycles. The Kier molecular flexibility index (Phi) is 19.4. The Morgan fingerprint density at radius 3 is 1.32 bits per heavy atom. The molecule has 0 saturated heterocycles. The average molecular weight is 673 g/mol. The van der Waals surface area contributed by atoms with E-state index in [-0.39, 0.29) is 62.8 Å². The summed E-state index contributed by atoms with van der Waals surface area (Å²) in [5.41, 5.74) is 20.0. The molecule has 0 amide bonds. The molecular formula is C24H34Cl4N8O2S2-2. The minimum Gasteiger partial charge on any atom is -1.00 e. The molecule has 4 heterocycles. The zero-order valence-electron chi connectivity index (χ0n) is 22.6. The Morgan fingerprint density at radius 1 is 0.675 bits per heavy atom. The predicted octanol–water partition coefficient (Wildman–Crippen LogP) is -10.8. The van der Waals surface area contributed by atoms with Gasteiger partial charge in [-0.25, -0.2) is 19.9 Å². The van der Waals surface area contributed by atoms with Crippen molar-refractivity contribution >= 4 is 34.3 Å². The first-order valence-corrected chi connectivity index (χ1v) is 13.3. The molecule has 0 fully saturated rings. The smallest absolute Gasteiger partial charge is 0.225 e. The number of anilines is 2. The third-order valence-electron chi connectivity index (χ3n) is 5.71. The van der Waals surface area contributed by atoms with Crippen LogP contribution < -0.4 is 70.2 Å². The molecule has 0 radical (unpaired) electrons. The van der Waals surface area contributed by atoms with Crippen LogP contribution in [0.15, 0.2) is 23.4 Å².